The minimum atomic E-state index is 0.454. The Labute approximate surface area is 196 Å². The summed E-state index contributed by atoms with van der Waals surface area (Å²) >= 11 is 5.74. The predicted molar refractivity (Wildman–Crippen MR) is 137 cm³/mol. The molecule has 5 heteroatoms. The second kappa shape index (κ2) is 8.11. The standard InChI is InChI=1S/C28H20N4S/c33-28-29-26(20-11-3-1-4-12-20)27(21-13-5-2-6-14-21)30-32(28)19-31-24-17-9-7-15-22(24)23-16-8-10-18-25(23)31/h1-18H,19H2. The number of hydrogen-bond donors (Lipinski definition) is 0. The molecule has 0 saturated carbocycles. The van der Waals surface area contributed by atoms with Crippen LogP contribution in [0.5, 0.6) is 0 Å². The first-order valence-electron chi connectivity index (χ1n) is 10.9. The lowest BCUT2D eigenvalue weighted by Crippen LogP contribution is -2.15. The molecule has 2 heterocycles. The molecule has 0 unspecified atom stereocenters. The van der Waals surface area contributed by atoms with Crippen LogP contribution in [-0.2, 0) is 6.67 Å². The minimum Gasteiger partial charge on any atom is -0.320 e. The lowest BCUT2D eigenvalue weighted by Gasteiger charge is -2.14. The summed E-state index contributed by atoms with van der Waals surface area (Å²) in [6.45, 7) is 0.481. The second-order valence-electron chi connectivity index (χ2n) is 7.93. The maximum atomic E-state index is 5.74. The Morgan fingerprint density at radius 2 is 1.06 bits per heavy atom. The second-order valence-corrected chi connectivity index (χ2v) is 8.29. The van der Waals surface area contributed by atoms with Gasteiger partial charge in [-0.2, -0.15) is 5.10 Å². The molecule has 0 saturated heterocycles. The third-order valence-electron chi connectivity index (χ3n) is 5.92. The normalized spacial score (nSPS) is 11.3. The average molecular weight is 445 g/mol. The Morgan fingerprint density at radius 3 is 1.64 bits per heavy atom. The van der Waals surface area contributed by atoms with Gasteiger partial charge in [-0.1, -0.05) is 97.1 Å². The van der Waals surface area contributed by atoms with Gasteiger partial charge in [-0.15, -0.1) is 0 Å². The Balaban J connectivity index is 1.57. The van der Waals surface area contributed by atoms with Gasteiger partial charge in [-0.05, 0) is 24.4 Å². The van der Waals surface area contributed by atoms with Crippen LogP contribution in [-0.4, -0.2) is 19.3 Å². The van der Waals surface area contributed by atoms with Crippen molar-refractivity contribution >= 4 is 34.0 Å². The molecule has 33 heavy (non-hydrogen) atoms. The summed E-state index contributed by atoms with van der Waals surface area (Å²) in [6.07, 6.45) is 0. The van der Waals surface area contributed by atoms with Gasteiger partial charge >= 0.3 is 0 Å². The van der Waals surface area contributed by atoms with Gasteiger partial charge in [0, 0.05) is 21.9 Å². The van der Waals surface area contributed by atoms with E-state index in [1.165, 1.54) is 10.8 Å². The van der Waals surface area contributed by atoms with Crippen LogP contribution in [0, 0.1) is 4.77 Å². The highest BCUT2D eigenvalue weighted by molar-refractivity contribution is 7.71. The lowest BCUT2D eigenvalue weighted by molar-refractivity contribution is 0.543. The van der Waals surface area contributed by atoms with Crippen molar-refractivity contribution in [3.8, 4) is 22.5 Å². The van der Waals surface area contributed by atoms with Crippen molar-refractivity contribution in [2.45, 2.75) is 6.67 Å². The van der Waals surface area contributed by atoms with Crippen LogP contribution in [0.3, 0.4) is 0 Å². The summed E-state index contributed by atoms with van der Waals surface area (Å²) in [5.41, 5.74) is 5.92. The molecule has 6 rings (SSSR count). The van der Waals surface area contributed by atoms with Crippen molar-refractivity contribution in [2.75, 3.05) is 0 Å². The van der Waals surface area contributed by atoms with Gasteiger partial charge in [0.05, 0.1) is 11.0 Å². The average Bonchev–Trinajstić information content (AvgIpc) is 3.20. The fourth-order valence-electron chi connectivity index (χ4n) is 4.39. The SMILES string of the molecule is S=c1nc(-c2ccccc2)c(-c2ccccc2)nn1Cn1c2ccccc2c2ccccc21. The van der Waals surface area contributed by atoms with Crippen LogP contribution in [0.2, 0.25) is 0 Å². The lowest BCUT2D eigenvalue weighted by atomic mass is 10.0. The van der Waals surface area contributed by atoms with Crippen molar-refractivity contribution in [1.82, 2.24) is 19.3 Å². The van der Waals surface area contributed by atoms with Crippen molar-refractivity contribution in [1.29, 1.82) is 0 Å². The minimum absolute atomic E-state index is 0.454. The molecule has 0 N–H and O–H groups in total. The number of rotatable bonds is 4. The van der Waals surface area contributed by atoms with E-state index >= 15 is 0 Å². The van der Waals surface area contributed by atoms with Gasteiger partial charge in [0.2, 0.25) is 4.77 Å². The predicted octanol–water partition coefficient (Wildman–Crippen LogP) is 6.96. The Morgan fingerprint density at radius 1 is 0.576 bits per heavy atom. The summed E-state index contributed by atoms with van der Waals surface area (Å²) in [6, 6.07) is 37.2. The van der Waals surface area contributed by atoms with Gasteiger partial charge in [0.25, 0.3) is 0 Å². The van der Waals surface area contributed by atoms with E-state index < -0.39 is 0 Å². The van der Waals surface area contributed by atoms with Crippen molar-refractivity contribution in [3.63, 3.8) is 0 Å². The highest BCUT2D eigenvalue weighted by Gasteiger charge is 2.15. The van der Waals surface area contributed by atoms with Gasteiger partial charge in [0.1, 0.15) is 18.1 Å². The molecule has 6 aromatic rings. The van der Waals surface area contributed by atoms with Crippen LogP contribution in [0.1, 0.15) is 0 Å². The molecular formula is C28H20N4S. The maximum Gasteiger partial charge on any atom is 0.218 e. The molecule has 0 aliphatic heterocycles. The van der Waals surface area contributed by atoms with Crippen LogP contribution in [0.4, 0.5) is 0 Å². The number of fused-ring (bicyclic) bond motifs is 3. The molecule has 0 spiro atoms. The Kier molecular flexibility index (Phi) is 4.82. The first kappa shape index (κ1) is 19.6. The van der Waals surface area contributed by atoms with E-state index in [1.54, 1.807) is 0 Å². The summed E-state index contributed by atoms with van der Waals surface area (Å²) in [5.74, 6) is 0. The molecule has 2 aromatic heterocycles. The fraction of sp³-hybridized carbons (Fsp3) is 0.0357. The summed E-state index contributed by atoms with van der Waals surface area (Å²) in [4.78, 5) is 4.86. The first-order chi connectivity index (χ1) is 16.3. The molecule has 0 aliphatic carbocycles. The Bertz CT molecular complexity index is 1600. The molecule has 0 bridgehead atoms. The summed E-state index contributed by atoms with van der Waals surface area (Å²) < 4.78 is 4.53. The molecule has 158 valence electrons. The van der Waals surface area contributed by atoms with Crippen LogP contribution in [0.15, 0.2) is 109 Å². The molecular weight excluding hydrogens is 424 g/mol. The third kappa shape index (κ3) is 3.43. The largest absolute Gasteiger partial charge is 0.320 e. The van der Waals surface area contributed by atoms with Gasteiger partial charge in [-0.25, -0.2) is 9.67 Å². The van der Waals surface area contributed by atoms with Crippen LogP contribution >= 0.6 is 12.2 Å². The molecule has 4 nitrogen and oxygen atoms in total. The summed E-state index contributed by atoms with van der Waals surface area (Å²) in [7, 11) is 0. The number of benzene rings is 4. The monoisotopic (exact) mass is 444 g/mol. The van der Waals surface area contributed by atoms with Crippen LogP contribution < -0.4 is 0 Å². The van der Waals surface area contributed by atoms with Gasteiger partial charge in [-0.3, -0.25) is 0 Å². The zero-order valence-electron chi connectivity index (χ0n) is 17.8. The van der Waals surface area contributed by atoms with E-state index in [2.05, 4.69) is 65.2 Å². The molecule has 0 amide bonds. The van der Waals surface area contributed by atoms with Gasteiger partial charge in [0.15, 0.2) is 0 Å². The van der Waals surface area contributed by atoms with E-state index in [-0.39, 0.29) is 0 Å². The molecule has 0 fully saturated rings. The number of para-hydroxylation sites is 2. The summed E-state index contributed by atoms with van der Waals surface area (Å²) in [5, 5.41) is 7.47. The molecule has 0 aliphatic rings. The molecule has 4 aromatic carbocycles. The van der Waals surface area contributed by atoms with E-state index in [0.29, 0.717) is 11.4 Å². The van der Waals surface area contributed by atoms with E-state index in [0.717, 1.165) is 33.5 Å². The number of aromatic nitrogens is 4. The van der Waals surface area contributed by atoms with E-state index in [4.69, 9.17) is 22.3 Å². The maximum absolute atomic E-state index is 5.74. The zero-order chi connectivity index (χ0) is 22.2. The number of hydrogen-bond acceptors (Lipinski definition) is 3. The quantitative estimate of drug-likeness (QED) is 0.276. The van der Waals surface area contributed by atoms with Crippen molar-refractivity contribution in [2.24, 2.45) is 0 Å². The highest BCUT2D eigenvalue weighted by atomic mass is 32.1. The Hall–Kier alpha value is -4.09. The molecule has 0 atom stereocenters. The highest BCUT2D eigenvalue weighted by Crippen LogP contribution is 2.30. The smallest absolute Gasteiger partial charge is 0.218 e. The van der Waals surface area contributed by atoms with Crippen molar-refractivity contribution < 1.29 is 0 Å². The number of nitrogens with zero attached hydrogens (tertiary/aromatic N) is 4. The van der Waals surface area contributed by atoms with E-state index in [1.807, 2.05) is 53.2 Å². The molecule has 0 radical (unpaired) electrons. The first-order valence-corrected chi connectivity index (χ1v) is 11.3. The topological polar surface area (TPSA) is 35.6 Å². The van der Waals surface area contributed by atoms with E-state index in [9.17, 15) is 0 Å². The zero-order valence-corrected chi connectivity index (χ0v) is 18.6. The fourth-order valence-corrected chi connectivity index (χ4v) is 4.58. The van der Waals surface area contributed by atoms with Crippen molar-refractivity contribution in [3.05, 3.63) is 114 Å². The van der Waals surface area contributed by atoms with Crippen LogP contribution in [0.25, 0.3) is 44.3 Å². The third-order valence-corrected chi connectivity index (χ3v) is 6.22. The van der Waals surface area contributed by atoms with Gasteiger partial charge < -0.3 is 4.57 Å².